The maximum absolute atomic E-state index is 10.5. The molecule has 0 unspecified atom stereocenters. The van der Waals surface area contributed by atoms with Crippen molar-refractivity contribution in [2.75, 3.05) is 33.2 Å². The van der Waals surface area contributed by atoms with Crippen LogP contribution in [0.25, 0.3) is 10.9 Å². The number of aryl methyl sites for hydroxylation is 1. The second-order valence-corrected chi connectivity index (χ2v) is 10.8. The van der Waals surface area contributed by atoms with Gasteiger partial charge in [0.25, 0.3) is 0 Å². The van der Waals surface area contributed by atoms with Crippen molar-refractivity contribution >= 4 is 38.6 Å². The highest BCUT2D eigenvalue weighted by Gasteiger charge is 2.17. The lowest BCUT2D eigenvalue weighted by Gasteiger charge is -2.21. The van der Waals surface area contributed by atoms with Crippen LogP contribution < -0.4 is 14.8 Å². The molecule has 39 heavy (non-hydrogen) atoms. The highest BCUT2D eigenvalue weighted by atomic mass is 79.9. The molecule has 0 bridgehead atoms. The summed E-state index contributed by atoms with van der Waals surface area (Å²) >= 11 is 3.54. The molecule has 9 heteroatoms. The molecule has 216 valence electrons. The molecular formula is C30H45BrN4O4. The number of ether oxygens (including phenoxy) is 2. The third-order valence-electron chi connectivity index (χ3n) is 5.38. The largest absolute Gasteiger partial charge is 0.493 e. The number of fused-ring (bicyclic) bond motifs is 1. The van der Waals surface area contributed by atoms with E-state index in [1.807, 2.05) is 45.0 Å². The summed E-state index contributed by atoms with van der Waals surface area (Å²) in [6, 6.07) is 12.2. The summed E-state index contributed by atoms with van der Waals surface area (Å²) in [6.07, 6.45) is 0.490. The van der Waals surface area contributed by atoms with E-state index in [1.165, 1.54) is 17.7 Å². The van der Waals surface area contributed by atoms with Crippen molar-refractivity contribution < 1.29 is 19.1 Å². The number of amides is 1. The molecule has 0 aliphatic rings. The average molecular weight is 606 g/mol. The zero-order valence-corrected chi connectivity index (χ0v) is 26.9. The van der Waals surface area contributed by atoms with Crippen molar-refractivity contribution in [3.8, 4) is 11.5 Å². The van der Waals surface area contributed by atoms with Crippen LogP contribution in [0.15, 0.2) is 40.9 Å². The van der Waals surface area contributed by atoms with E-state index in [0.717, 1.165) is 21.2 Å². The minimum absolute atomic E-state index is 0.00694. The van der Waals surface area contributed by atoms with Gasteiger partial charge < -0.3 is 14.8 Å². The van der Waals surface area contributed by atoms with Crippen LogP contribution in [0.3, 0.4) is 0 Å². The molecule has 0 aliphatic carbocycles. The maximum Gasteiger partial charge on any atom is 0.245 e. The Bertz CT molecular complexity index is 1200. The van der Waals surface area contributed by atoms with Gasteiger partial charge in [-0.2, -0.15) is 0 Å². The van der Waals surface area contributed by atoms with Crippen LogP contribution in [0.4, 0.5) is 5.82 Å². The van der Waals surface area contributed by atoms with Gasteiger partial charge in [0.1, 0.15) is 11.6 Å². The lowest BCUT2D eigenvalue weighted by Crippen LogP contribution is -2.23. The molecule has 0 saturated carbocycles. The Morgan fingerprint density at radius 2 is 1.77 bits per heavy atom. The molecule has 1 aromatic heterocycles. The summed E-state index contributed by atoms with van der Waals surface area (Å²) in [6.45, 7) is 16.8. The normalized spacial score (nSPS) is 11.4. The van der Waals surface area contributed by atoms with Crippen molar-refractivity contribution in [1.29, 1.82) is 0 Å². The average Bonchev–Trinajstić information content (AvgIpc) is 2.91. The van der Waals surface area contributed by atoms with Crippen molar-refractivity contribution in [2.24, 2.45) is 5.41 Å². The van der Waals surface area contributed by atoms with Gasteiger partial charge in [0.15, 0.2) is 11.5 Å². The van der Waals surface area contributed by atoms with E-state index in [0.29, 0.717) is 30.4 Å². The first-order valence-corrected chi connectivity index (χ1v) is 14.0. The third-order valence-corrected chi connectivity index (χ3v) is 5.88. The monoisotopic (exact) mass is 604 g/mol. The van der Waals surface area contributed by atoms with E-state index in [-0.39, 0.29) is 17.4 Å². The predicted octanol–water partition coefficient (Wildman–Crippen LogP) is 7.75. The molecule has 2 aromatic carbocycles. The van der Waals surface area contributed by atoms with Gasteiger partial charge in [0, 0.05) is 29.4 Å². The molecule has 3 rings (SSSR count). The summed E-state index contributed by atoms with van der Waals surface area (Å²) in [5.41, 5.74) is 2.04. The van der Waals surface area contributed by atoms with Crippen molar-refractivity contribution in [2.45, 2.75) is 67.9 Å². The molecule has 0 saturated heterocycles. The fraction of sp³-hybridized carbons (Fsp3) is 0.500. The minimum atomic E-state index is -0.00694. The molecule has 0 radical (unpaired) electrons. The zero-order chi connectivity index (χ0) is 29.8. The summed E-state index contributed by atoms with van der Waals surface area (Å²) in [5, 5.41) is 5.64. The molecule has 0 aliphatic heterocycles. The molecule has 1 N–H and O–H groups in total. The molecule has 1 atom stereocenters. The zero-order valence-electron chi connectivity index (χ0n) is 25.3. The fourth-order valence-electron chi connectivity index (χ4n) is 3.32. The molecule has 8 nitrogen and oxygen atoms in total. The van der Waals surface area contributed by atoms with Gasteiger partial charge in [0.05, 0.1) is 32.4 Å². The number of rotatable bonds is 8. The van der Waals surface area contributed by atoms with Gasteiger partial charge in [-0.3, -0.25) is 9.63 Å². The number of methoxy groups -OCH3 is 1. The van der Waals surface area contributed by atoms with Crippen LogP contribution in [0.5, 0.6) is 11.5 Å². The number of carbonyl (C=O) groups is 1. The van der Waals surface area contributed by atoms with Gasteiger partial charge in [-0.05, 0) is 43.0 Å². The smallest absolute Gasteiger partial charge is 0.245 e. The van der Waals surface area contributed by atoms with Crippen molar-refractivity contribution in [1.82, 2.24) is 15.0 Å². The molecule has 1 amide bonds. The Morgan fingerprint density at radius 3 is 2.28 bits per heavy atom. The first-order valence-electron chi connectivity index (χ1n) is 13.2. The Morgan fingerprint density at radius 1 is 1.10 bits per heavy atom. The predicted molar refractivity (Wildman–Crippen MR) is 163 cm³/mol. The number of benzene rings is 2. The molecule has 3 aromatic rings. The van der Waals surface area contributed by atoms with Crippen LogP contribution in [0.2, 0.25) is 0 Å². The second-order valence-electron chi connectivity index (χ2n) is 9.84. The molecular weight excluding hydrogens is 560 g/mol. The number of hydroxylamine groups is 2. The molecule has 0 fully saturated rings. The number of nitrogens with one attached hydrogen (secondary N) is 1. The molecule has 1 heterocycles. The van der Waals surface area contributed by atoms with Gasteiger partial charge in [-0.25, -0.2) is 15.0 Å². The van der Waals surface area contributed by atoms with E-state index in [4.69, 9.17) is 9.47 Å². The van der Waals surface area contributed by atoms with E-state index in [9.17, 15) is 4.79 Å². The van der Waals surface area contributed by atoms with Crippen molar-refractivity contribution in [3.63, 3.8) is 0 Å². The van der Waals surface area contributed by atoms with Crippen LogP contribution in [-0.4, -0.2) is 48.8 Å². The highest BCUT2D eigenvalue weighted by molar-refractivity contribution is 9.10. The van der Waals surface area contributed by atoms with E-state index in [2.05, 4.69) is 75.9 Å². The van der Waals surface area contributed by atoms with Gasteiger partial charge in [-0.1, -0.05) is 69.6 Å². The number of carbonyl (C=O) groups excluding carboxylic acids is 1. The summed E-state index contributed by atoms with van der Waals surface area (Å²) in [7, 11) is 4.71. The molecule has 0 spiro atoms. The Hall–Kier alpha value is -2.91. The van der Waals surface area contributed by atoms with Crippen LogP contribution in [-0.2, 0) is 9.63 Å². The second kappa shape index (κ2) is 16.3. The lowest BCUT2D eigenvalue weighted by molar-refractivity contribution is -0.168. The Kier molecular flexibility index (Phi) is 14.2. The SMILES string of the molecule is CC.CCC(=O)N(C)OC.COc1cc2c(N[C@H](C)c3cccc(Br)c3)nc(C)nc2cc1OCC(C)(C)C. The maximum atomic E-state index is 10.5. The number of hydrogen-bond donors (Lipinski definition) is 1. The number of nitrogens with zero attached hydrogens (tertiary/aromatic N) is 3. The van der Waals surface area contributed by atoms with Gasteiger partial charge >= 0.3 is 0 Å². The van der Waals surface area contributed by atoms with Gasteiger partial charge in [-0.15, -0.1) is 0 Å². The van der Waals surface area contributed by atoms with Crippen LogP contribution >= 0.6 is 15.9 Å². The summed E-state index contributed by atoms with van der Waals surface area (Å²) in [5.74, 6) is 2.84. The topological polar surface area (TPSA) is 85.8 Å². The highest BCUT2D eigenvalue weighted by Crippen LogP contribution is 2.36. The Labute approximate surface area is 242 Å². The minimum Gasteiger partial charge on any atom is -0.493 e. The third kappa shape index (κ3) is 11.0. The van der Waals surface area contributed by atoms with E-state index < -0.39 is 0 Å². The fourth-order valence-corrected chi connectivity index (χ4v) is 3.74. The first-order chi connectivity index (χ1) is 18.4. The first kappa shape index (κ1) is 34.1. The van der Waals surface area contributed by atoms with Gasteiger partial charge in [0.2, 0.25) is 5.91 Å². The number of anilines is 1. The number of aromatic nitrogens is 2. The quantitative estimate of drug-likeness (QED) is 0.263. The Balaban J connectivity index is 0.000000654. The number of hydrogen-bond acceptors (Lipinski definition) is 7. The van der Waals surface area contributed by atoms with E-state index in [1.54, 1.807) is 21.1 Å². The summed E-state index contributed by atoms with van der Waals surface area (Å²) < 4.78 is 12.7. The van der Waals surface area contributed by atoms with Crippen LogP contribution in [0.1, 0.15) is 72.3 Å². The summed E-state index contributed by atoms with van der Waals surface area (Å²) in [4.78, 5) is 24.4. The van der Waals surface area contributed by atoms with Crippen LogP contribution in [0, 0.1) is 12.3 Å². The van der Waals surface area contributed by atoms with E-state index >= 15 is 0 Å². The standard InChI is InChI=1S/C23H28BrN3O2.C5H11NO2.C2H6/c1-14(16-8-7-9-17(24)10-16)25-22-18-11-20(28-6)21(29-13-23(3,4)5)12-19(18)26-15(2)27-22;1-4-5(7)6(2)8-3;1-2/h7-12,14H,13H2,1-6H3,(H,25,26,27);4H2,1-3H3;1-2H3/t14-;;/m1../s1. The lowest BCUT2D eigenvalue weighted by atomic mass is 9.99. The van der Waals surface area contributed by atoms with Crippen molar-refractivity contribution in [3.05, 3.63) is 52.3 Å². The number of halogens is 1.